The minimum Gasteiger partial charge on any atom is -0.388 e. The quantitative estimate of drug-likeness (QED) is 0.608. The van der Waals surface area contributed by atoms with Crippen LogP contribution in [0.15, 0.2) is 25.3 Å². The molecule has 1 N–H and O–H groups in total. The Hall–Kier alpha value is -0.600. The molecule has 0 aliphatic heterocycles. The molecule has 0 atom stereocenters. The molecule has 0 aliphatic rings. The predicted octanol–water partition coefficient (Wildman–Crippen LogP) is 1.43. The van der Waals surface area contributed by atoms with Gasteiger partial charge in [0.2, 0.25) is 0 Å². The summed E-state index contributed by atoms with van der Waals surface area (Å²) in [5, 5.41) is 10.00. The molecule has 0 radical (unpaired) electrons. The van der Waals surface area contributed by atoms with Crippen molar-refractivity contribution in [2.24, 2.45) is 0 Å². The lowest BCUT2D eigenvalue weighted by atomic mass is 9.95. The molecule has 0 aliphatic carbocycles. The molecule has 2 nitrogen and oxygen atoms in total. The maximum Gasteiger partial charge on any atom is 0.0842 e. The van der Waals surface area contributed by atoms with Crippen molar-refractivity contribution in [3.05, 3.63) is 25.3 Å². The summed E-state index contributed by atoms with van der Waals surface area (Å²) in [5.41, 5.74) is -0.687. The molecule has 0 unspecified atom stereocenters. The molecule has 2 heteroatoms. The first-order valence-electron chi connectivity index (χ1n) is 4.13. The van der Waals surface area contributed by atoms with Gasteiger partial charge >= 0.3 is 0 Å². The third kappa shape index (κ3) is 4.31. The van der Waals surface area contributed by atoms with Gasteiger partial charge in [-0.3, -0.25) is 0 Å². The van der Waals surface area contributed by atoms with Crippen LogP contribution in [0.2, 0.25) is 0 Å². The third-order valence-corrected chi connectivity index (χ3v) is 1.66. The van der Waals surface area contributed by atoms with Gasteiger partial charge in [0.05, 0.1) is 5.60 Å². The average Bonchev–Trinajstić information content (AvgIpc) is 1.85. The summed E-state index contributed by atoms with van der Waals surface area (Å²) in [6.07, 6.45) is 4.70. The Bertz CT molecular complexity index is 142. The molecule has 0 spiro atoms. The number of aliphatic hydroxyl groups is 1. The molecule has 70 valence electrons. The summed E-state index contributed by atoms with van der Waals surface area (Å²) >= 11 is 0. The predicted molar refractivity (Wildman–Crippen MR) is 53.1 cm³/mol. The Balaban J connectivity index is 4.15. The minimum atomic E-state index is -0.687. The summed E-state index contributed by atoms with van der Waals surface area (Å²) in [7, 11) is 3.88. The zero-order chi connectivity index (χ0) is 9.61. The van der Waals surface area contributed by atoms with Crippen molar-refractivity contribution in [2.45, 2.75) is 18.4 Å². The van der Waals surface area contributed by atoms with Crippen LogP contribution in [0.4, 0.5) is 0 Å². The van der Waals surface area contributed by atoms with Gasteiger partial charge < -0.3 is 10.0 Å². The number of hydrogen-bond donors (Lipinski definition) is 1. The van der Waals surface area contributed by atoms with Crippen LogP contribution in [0.25, 0.3) is 0 Å². The molecule has 0 fully saturated rings. The van der Waals surface area contributed by atoms with E-state index in [4.69, 9.17) is 0 Å². The van der Waals surface area contributed by atoms with Gasteiger partial charge in [0.1, 0.15) is 0 Å². The highest BCUT2D eigenvalue weighted by atomic mass is 16.3. The van der Waals surface area contributed by atoms with Gasteiger partial charge in [0, 0.05) is 6.54 Å². The fourth-order valence-electron chi connectivity index (χ4n) is 1.34. The summed E-state index contributed by atoms with van der Waals surface area (Å²) in [5.74, 6) is 0. The Morgan fingerprint density at radius 1 is 1.25 bits per heavy atom. The zero-order valence-corrected chi connectivity index (χ0v) is 8.08. The van der Waals surface area contributed by atoms with Crippen LogP contribution in [0, 0.1) is 0 Å². The van der Waals surface area contributed by atoms with Gasteiger partial charge in [0.25, 0.3) is 0 Å². The van der Waals surface area contributed by atoms with E-state index < -0.39 is 5.60 Å². The van der Waals surface area contributed by atoms with Crippen LogP contribution in [0.5, 0.6) is 0 Å². The Morgan fingerprint density at radius 3 is 1.92 bits per heavy atom. The van der Waals surface area contributed by atoms with E-state index >= 15 is 0 Å². The van der Waals surface area contributed by atoms with Crippen molar-refractivity contribution in [1.82, 2.24) is 4.90 Å². The molecular formula is C10H19NO. The van der Waals surface area contributed by atoms with E-state index in [0.717, 1.165) is 0 Å². The topological polar surface area (TPSA) is 23.5 Å². The van der Waals surface area contributed by atoms with E-state index in [1.807, 2.05) is 19.0 Å². The fourth-order valence-corrected chi connectivity index (χ4v) is 1.34. The highest BCUT2D eigenvalue weighted by Gasteiger charge is 2.23. The molecule has 0 heterocycles. The van der Waals surface area contributed by atoms with E-state index in [1.54, 1.807) is 12.2 Å². The maximum atomic E-state index is 10.00. The van der Waals surface area contributed by atoms with Crippen LogP contribution in [-0.4, -0.2) is 36.2 Å². The van der Waals surface area contributed by atoms with Gasteiger partial charge in [-0.25, -0.2) is 0 Å². The lowest BCUT2D eigenvalue weighted by Crippen LogP contribution is -2.39. The second-order valence-corrected chi connectivity index (χ2v) is 3.45. The van der Waals surface area contributed by atoms with E-state index in [-0.39, 0.29) is 0 Å². The molecule has 12 heavy (non-hydrogen) atoms. The molecule has 0 aromatic heterocycles. The van der Waals surface area contributed by atoms with Crippen LogP contribution < -0.4 is 0 Å². The maximum absolute atomic E-state index is 10.00. The molecule has 0 saturated heterocycles. The number of hydrogen-bond acceptors (Lipinski definition) is 2. The highest BCUT2D eigenvalue weighted by Crippen LogP contribution is 2.16. The first-order valence-corrected chi connectivity index (χ1v) is 4.13. The molecule has 0 saturated carbocycles. The largest absolute Gasteiger partial charge is 0.388 e. The van der Waals surface area contributed by atoms with Crippen molar-refractivity contribution in [3.8, 4) is 0 Å². The van der Waals surface area contributed by atoms with E-state index in [0.29, 0.717) is 19.4 Å². The lowest BCUT2D eigenvalue weighted by Gasteiger charge is -2.28. The summed E-state index contributed by atoms with van der Waals surface area (Å²) in [4.78, 5) is 1.97. The van der Waals surface area contributed by atoms with Crippen LogP contribution in [-0.2, 0) is 0 Å². The van der Waals surface area contributed by atoms with Crippen LogP contribution in [0.1, 0.15) is 12.8 Å². The second-order valence-electron chi connectivity index (χ2n) is 3.45. The van der Waals surface area contributed by atoms with Crippen molar-refractivity contribution in [2.75, 3.05) is 20.6 Å². The molecule has 0 amide bonds. The van der Waals surface area contributed by atoms with Crippen molar-refractivity contribution in [3.63, 3.8) is 0 Å². The second kappa shape index (κ2) is 5.12. The Kier molecular flexibility index (Phi) is 4.86. The van der Waals surface area contributed by atoms with E-state index in [2.05, 4.69) is 13.2 Å². The van der Waals surface area contributed by atoms with Crippen molar-refractivity contribution in [1.29, 1.82) is 0 Å². The van der Waals surface area contributed by atoms with E-state index in [1.165, 1.54) is 0 Å². The molecule has 0 bridgehead atoms. The SMILES string of the molecule is C=CCC(O)(CC=C)CN(C)C. The molecule has 0 rings (SSSR count). The summed E-state index contributed by atoms with van der Waals surface area (Å²) in [6, 6.07) is 0. The summed E-state index contributed by atoms with van der Waals surface area (Å²) in [6.45, 7) is 7.89. The number of rotatable bonds is 6. The van der Waals surface area contributed by atoms with Gasteiger partial charge in [0.15, 0.2) is 0 Å². The fraction of sp³-hybridized carbons (Fsp3) is 0.600. The molecule has 0 aromatic rings. The zero-order valence-electron chi connectivity index (χ0n) is 8.08. The molecular weight excluding hydrogens is 150 g/mol. The normalized spacial score (nSPS) is 11.7. The number of nitrogens with zero attached hydrogens (tertiary/aromatic N) is 1. The van der Waals surface area contributed by atoms with Crippen LogP contribution in [0.3, 0.4) is 0 Å². The molecule has 0 aromatic carbocycles. The van der Waals surface area contributed by atoms with Crippen molar-refractivity contribution >= 4 is 0 Å². The highest BCUT2D eigenvalue weighted by molar-refractivity contribution is 4.93. The average molecular weight is 169 g/mol. The first-order chi connectivity index (χ1) is 5.54. The van der Waals surface area contributed by atoms with Gasteiger partial charge in [-0.2, -0.15) is 0 Å². The first kappa shape index (κ1) is 11.4. The smallest absolute Gasteiger partial charge is 0.0842 e. The van der Waals surface area contributed by atoms with Crippen LogP contribution >= 0.6 is 0 Å². The number of likely N-dealkylation sites (N-methyl/N-ethyl adjacent to an activating group) is 1. The Morgan fingerprint density at radius 2 is 1.67 bits per heavy atom. The van der Waals surface area contributed by atoms with Gasteiger partial charge in [-0.1, -0.05) is 12.2 Å². The van der Waals surface area contributed by atoms with Gasteiger partial charge in [-0.05, 0) is 26.9 Å². The minimum absolute atomic E-state index is 0.608. The third-order valence-electron chi connectivity index (χ3n) is 1.66. The standard InChI is InChI=1S/C10H19NO/c1-5-7-10(12,8-6-2)9-11(3)4/h5-6,12H,1-2,7-9H2,3-4H3. The monoisotopic (exact) mass is 169 g/mol. The lowest BCUT2D eigenvalue weighted by molar-refractivity contribution is 0.0213. The Labute approximate surface area is 75.2 Å². The van der Waals surface area contributed by atoms with E-state index in [9.17, 15) is 5.11 Å². The summed E-state index contributed by atoms with van der Waals surface area (Å²) < 4.78 is 0. The van der Waals surface area contributed by atoms with Gasteiger partial charge in [-0.15, -0.1) is 13.2 Å². The van der Waals surface area contributed by atoms with Crippen molar-refractivity contribution < 1.29 is 5.11 Å².